The topological polar surface area (TPSA) is 79.8 Å². The monoisotopic (exact) mass is 451 g/mol. The average Bonchev–Trinajstić information content (AvgIpc) is 2.93. The number of hydrogen-bond donors (Lipinski definition) is 2. The number of hydrogen-bond acceptors (Lipinski definition) is 5. The first-order valence-electron chi connectivity index (χ1n) is 9.81. The minimum Gasteiger partial charge on any atom is -0.495 e. The molecule has 2 N–H and O–H groups in total. The first kappa shape index (κ1) is 21.5. The molecule has 0 saturated heterocycles. The molecular weight excluding hydrogens is 431 g/mol. The van der Waals surface area contributed by atoms with Gasteiger partial charge in [-0.1, -0.05) is 12.1 Å². The van der Waals surface area contributed by atoms with Crippen molar-refractivity contribution in [3.63, 3.8) is 0 Å². The number of alkyl halides is 3. The summed E-state index contributed by atoms with van der Waals surface area (Å²) < 4.78 is 44.5. The molecule has 0 radical (unpaired) electrons. The van der Waals surface area contributed by atoms with Crippen molar-refractivity contribution in [2.24, 2.45) is 10.9 Å². The molecular formula is C21H20F3N3O3S. The van der Waals surface area contributed by atoms with Gasteiger partial charge < -0.3 is 15.4 Å². The van der Waals surface area contributed by atoms with Crippen molar-refractivity contribution >= 4 is 40.0 Å². The van der Waals surface area contributed by atoms with E-state index in [9.17, 15) is 22.8 Å². The van der Waals surface area contributed by atoms with Crippen molar-refractivity contribution in [2.45, 2.75) is 25.4 Å². The smallest absolute Gasteiger partial charge is 0.416 e. The Hall–Kier alpha value is -2.75. The maximum atomic E-state index is 13.0. The summed E-state index contributed by atoms with van der Waals surface area (Å²) in [6.07, 6.45) is -1.03. The fraction of sp³-hybridized carbons (Fsp3) is 0.381. The third-order valence-corrected chi connectivity index (χ3v) is 6.22. The van der Waals surface area contributed by atoms with Gasteiger partial charge in [-0.3, -0.25) is 14.6 Å². The molecule has 3 aliphatic rings. The first-order chi connectivity index (χ1) is 14.8. The Bertz CT molecular complexity index is 1000. The molecule has 0 spiro atoms. The molecule has 0 saturated carbocycles. The molecule has 0 bridgehead atoms. The highest BCUT2D eigenvalue weighted by Gasteiger charge is 2.37. The summed E-state index contributed by atoms with van der Waals surface area (Å²) in [4.78, 5) is 28.4. The van der Waals surface area contributed by atoms with Crippen LogP contribution in [0.4, 0.5) is 24.5 Å². The third-order valence-electron chi connectivity index (χ3n) is 5.11. The predicted molar refractivity (Wildman–Crippen MR) is 113 cm³/mol. The van der Waals surface area contributed by atoms with E-state index in [1.54, 1.807) is 12.1 Å². The number of benzene rings is 1. The minimum atomic E-state index is -4.42. The molecule has 1 aromatic carbocycles. The molecule has 2 aliphatic heterocycles. The second kappa shape index (κ2) is 8.78. The summed E-state index contributed by atoms with van der Waals surface area (Å²) in [5.74, 6) is -0.441. The van der Waals surface area contributed by atoms with E-state index in [-0.39, 0.29) is 36.4 Å². The number of nitrogens with one attached hydrogen (secondary N) is 2. The summed E-state index contributed by atoms with van der Waals surface area (Å²) >= 11 is 1.20. The zero-order valence-electron chi connectivity index (χ0n) is 16.4. The Morgan fingerprint density at radius 2 is 2.16 bits per heavy atom. The van der Waals surface area contributed by atoms with E-state index in [0.717, 1.165) is 17.7 Å². The van der Waals surface area contributed by atoms with Crippen molar-refractivity contribution in [2.75, 3.05) is 29.5 Å². The Kier molecular flexibility index (Phi) is 6.08. The van der Waals surface area contributed by atoms with Crippen LogP contribution in [-0.4, -0.2) is 41.9 Å². The van der Waals surface area contributed by atoms with Gasteiger partial charge in [-0.2, -0.15) is 13.2 Å². The van der Waals surface area contributed by atoms with Gasteiger partial charge in [-0.25, -0.2) is 0 Å². The third kappa shape index (κ3) is 5.12. The molecule has 1 aromatic rings. The van der Waals surface area contributed by atoms with E-state index < -0.39 is 17.7 Å². The summed E-state index contributed by atoms with van der Waals surface area (Å²) in [5, 5.41) is 6.17. The van der Waals surface area contributed by atoms with Crippen LogP contribution in [0.1, 0.15) is 18.4 Å². The van der Waals surface area contributed by atoms with Crippen LogP contribution < -0.4 is 10.6 Å². The lowest BCUT2D eigenvalue weighted by Crippen LogP contribution is -2.23. The Labute approximate surface area is 181 Å². The SMILES string of the molecule is O=C(CSC1=NCCOC2=CC(C(F)(F)F)=CCC21)Nc1ccc2c(c1)NC(=O)CC2. The van der Waals surface area contributed by atoms with Gasteiger partial charge >= 0.3 is 6.18 Å². The lowest BCUT2D eigenvalue weighted by atomic mass is 9.95. The molecule has 31 heavy (non-hydrogen) atoms. The zero-order valence-corrected chi connectivity index (χ0v) is 17.2. The summed E-state index contributed by atoms with van der Waals surface area (Å²) in [5.41, 5.74) is 1.55. The summed E-state index contributed by atoms with van der Waals surface area (Å²) in [6.45, 7) is 0.522. The van der Waals surface area contributed by atoms with Crippen LogP contribution >= 0.6 is 11.8 Å². The number of nitrogens with zero attached hydrogens (tertiary/aromatic N) is 1. The number of allylic oxidation sites excluding steroid dienone is 4. The van der Waals surface area contributed by atoms with Crippen LogP contribution in [0.15, 0.2) is 46.7 Å². The van der Waals surface area contributed by atoms with Gasteiger partial charge in [-0.15, -0.1) is 11.8 Å². The van der Waals surface area contributed by atoms with E-state index in [4.69, 9.17) is 4.74 Å². The number of aliphatic imine (C=N–C) groups is 1. The van der Waals surface area contributed by atoms with Crippen LogP contribution in [0.2, 0.25) is 0 Å². The fourth-order valence-corrected chi connectivity index (χ4v) is 4.55. The van der Waals surface area contributed by atoms with Crippen LogP contribution in [0.5, 0.6) is 0 Å². The number of amides is 2. The Morgan fingerprint density at radius 1 is 1.32 bits per heavy atom. The van der Waals surface area contributed by atoms with Crippen molar-refractivity contribution < 1.29 is 27.5 Å². The first-order valence-corrected chi connectivity index (χ1v) is 10.8. The molecule has 0 aromatic heterocycles. The Balaban J connectivity index is 1.38. The molecule has 1 unspecified atom stereocenters. The molecule has 6 nitrogen and oxygen atoms in total. The highest BCUT2D eigenvalue weighted by Crippen LogP contribution is 2.37. The predicted octanol–water partition coefficient (Wildman–Crippen LogP) is 4.06. The van der Waals surface area contributed by atoms with E-state index in [0.29, 0.717) is 35.8 Å². The fourth-order valence-electron chi connectivity index (χ4n) is 3.60. The van der Waals surface area contributed by atoms with Gasteiger partial charge in [0, 0.05) is 17.8 Å². The lowest BCUT2D eigenvalue weighted by molar-refractivity contribution is -0.116. The Morgan fingerprint density at radius 3 is 2.97 bits per heavy atom. The number of aryl methyl sites for hydroxylation is 1. The maximum Gasteiger partial charge on any atom is 0.416 e. The van der Waals surface area contributed by atoms with Gasteiger partial charge in [0.05, 0.1) is 28.8 Å². The second-order valence-electron chi connectivity index (χ2n) is 7.32. The minimum absolute atomic E-state index is 0.0563. The molecule has 1 aliphatic carbocycles. The maximum absolute atomic E-state index is 13.0. The van der Waals surface area contributed by atoms with E-state index in [2.05, 4.69) is 15.6 Å². The van der Waals surface area contributed by atoms with E-state index >= 15 is 0 Å². The number of ether oxygens (including phenoxy) is 1. The number of anilines is 2. The van der Waals surface area contributed by atoms with Crippen molar-refractivity contribution in [1.82, 2.24) is 0 Å². The number of carbonyl (C=O) groups excluding carboxylic acids is 2. The molecule has 1 atom stereocenters. The number of rotatable bonds is 3. The number of halogens is 3. The second-order valence-corrected chi connectivity index (χ2v) is 8.31. The average molecular weight is 451 g/mol. The van der Waals surface area contributed by atoms with Crippen molar-refractivity contribution in [3.05, 3.63) is 47.2 Å². The van der Waals surface area contributed by atoms with E-state index in [1.807, 2.05) is 6.07 Å². The normalized spacial score (nSPS) is 20.7. The number of carbonyl (C=O) groups is 2. The number of fused-ring (bicyclic) bond motifs is 2. The molecule has 2 heterocycles. The highest BCUT2D eigenvalue weighted by molar-refractivity contribution is 8.14. The van der Waals surface area contributed by atoms with Crippen LogP contribution in [-0.2, 0) is 20.7 Å². The van der Waals surface area contributed by atoms with Crippen LogP contribution in [0, 0.1) is 5.92 Å². The van der Waals surface area contributed by atoms with Gasteiger partial charge in [0.2, 0.25) is 11.8 Å². The summed E-state index contributed by atoms with van der Waals surface area (Å²) in [7, 11) is 0. The zero-order chi connectivity index (χ0) is 22.0. The van der Waals surface area contributed by atoms with Crippen molar-refractivity contribution in [1.29, 1.82) is 0 Å². The van der Waals surface area contributed by atoms with Gasteiger partial charge in [0.15, 0.2) is 0 Å². The van der Waals surface area contributed by atoms with Crippen LogP contribution in [0.25, 0.3) is 0 Å². The van der Waals surface area contributed by atoms with Crippen LogP contribution in [0.3, 0.4) is 0 Å². The van der Waals surface area contributed by atoms with Gasteiger partial charge in [-0.05, 0) is 36.6 Å². The molecule has 0 fully saturated rings. The van der Waals surface area contributed by atoms with Gasteiger partial charge in [0.25, 0.3) is 0 Å². The quantitative estimate of drug-likeness (QED) is 0.726. The summed E-state index contributed by atoms with van der Waals surface area (Å²) in [6, 6.07) is 5.37. The largest absolute Gasteiger partial charge is 0.495 e. The molecule has 10 heteroatoms. The number of thioether (sulfide) groups is 1. The molecule has 2 amide bonds. The highest BCUT2D eigenvalue weighted by atomic mass is 32.2. The molecule has 164 valence electrons. The standard InChI is InChI=1S/C21H20F3N3O3S/c22-21(23,24)13-3-5-15-17(9-13)30-8-7-25-20(15)31-11-19(29)26-14-4-1-12-2-6-18(28)27-16(12)10-14/h1,3-4,9-10,15H,2,5-8,11H2,(H,26,29)(H,27,28). The van der Waals surface area contributed by atoms with Gasteiger partial charge in [0.1, 0.15) is 12.4 Å². The molecule has 4 rings (SSSR count). The lowest BCUT2D eigenvalue weighted by Gasteiger charge is -2.23. The van der Waals surface area contributed by atoms with Crippen molar-refractivity contribution in [3.8, 4) is 0 Å². The van der Waals surface area contributed by atoms with E-state index in [1.165, 1.54) is 11.8 Å².